The highest BCUT2D eigenvalue weighted by Crippen LogP contribution is 2.39. The Labute approximate surface area is 195 Å². The van der Waals surface area contributed by atoms with E-state index in [1.807, 2.05) is 29.2 Å². The van der Waals surface area contributed by atoms with E-state index in [2.05, 4.69) is 5.92 Å². The zero-order valence-electron chi connectivity index (χ0n) is 18.8. The Hall–Kier alpha value is -2.39. The van der Waals surface area contributed by atoms with E-state index in [9.17, 15) is 4.79 Å². The van der Waals surface area contributed by atoms with Gasteiger partial charge in [-0.3, -0.25) is 14.7 Å². The molecule has 2 aliphatic carbocycles. The van der Waals surface area contributed by atoms with Crippen LogP contribution in [-0.2, 0) is 4.79 Å². The number of hydrogen-bond acceptors (Lipinski definition) is 5. The number of benzene rings is 1. The van der Waals surface area contributed by atoms with E-state index >= 15 is 0 Å². The standard InChI is InChI=1S/C26H32N2O3S/c1-3-16-31-22-15-14-19(17-23(22)30-2)18-24-25(29)28(21-12-8-5-9-13-21)26(32-24)27-20-10-6-4-7-11-20/h1,14-15,17-18,20-21H,4-13,16H2,2H3. The van der Waals surface area contributed by atoms with Crippen LogP contribution in [0, 0.1) is 12.3 Å². The first kappa shape index (κ1) is 22.8. The molecule has 1 aromatic carbocycles. The van der Waals surface area contributed by atoms with Crippen molar-refractivity contribution < 1.29 is 14.3 Å². The van der Waals surface area contributed by atoms with E-state index in [0.29, 0.717) is 17.5 Å². The zero-order chi connectivity index (χ0) is 22.3. The second-order valence-electron chi connectivity index (χ2n) is 8.68. The summed E-state index contributed by atoms with van der Waals surface area (Å²) in [6.45, 7) is 0.183. The number of terminal acetylenes is 1. The summed E-state index contributed by atoms with van der Waals surface area (Å²) in [5.74, 6) is 3.75. The largest absolute Gasteiger partial charge is 0.493 e. The average molecular weight is 453 g/mol. The Morgan fingerprint density at radius 3 is 2.53 bits per heavy atom. The zero-order valence-corrected chi connectivity index (χ0v) is 19.7. The highest BCUT2D eigenvalue weighted by atomic mass is 32.2. The number of aliphatic imine (C=N–C) groups is 1. The first-order chi connectivity index (χ1) is 15.7. The van der Waals surface area contributed by atoms with Crippen molar-refractivity contribution in [2.24, 2.45) is 4.99 Å². The fourth-order valence-corrected chi connectivity index (χ4v) is 5.88. The maximum Gasteiger partial charge on any atom is 0.266 e. The SMILES string of the molecule is C#CCOc1ccc(C=C2SC(=NC3CCCCC3)N(C3CCCCC3)C2=O)cc1OC. The third kappa shape index (κ3) is 5.32. The monoisotopic (exact) mass is 452 g/mol. The number of hydrogen-bond donors (Lipinski definition) is 0. The van der Waals surface area contributed by atoms with Gasteiger partial charge in [0.05, 0.1) is 18.1 Å². The van der Waals surface area contributed by atoms with Crippen LogP contribution < -0.4 is 9.47 Å². The molecule has 170 valence electrons. The normalized spacial score (nSPS) is 23.0. The molecule has 1 saturated heterocycles. The molecule has 0 atom stereocenters. The maximum atomic E-state index is 13.5. The molecule has 2 saturated carbocycles. The number of thioether (sulfide) groups is 1. The Balaban J connectivity index is 1.61. The van der Waals surface area contributed by atoms with E-state index in [1.54, 1.807) is 7.11 Å². The van der Waals surface area contributed by atoms with Crippen molar-refractivity contribution in [2.45, 2.75) is 76.3 Å². The van der Waals surface area contributed by atoms with Crippen LogP contribution in [0.5, 0.6) is 11.5 Å². The molecule has 0 N–H and O–H groups in total. The van der Waals surface area contributed by atoms with Crippen LogP contribution in [0.4, 0.5) is 0 Å². The Morgan fingerprint density at radius 2 is 1.84 bits per heavy atom. The maximum absolute atomic E-state index is 13.5. The number of carbonyl (C=O) groups excluding carboxylic acids is 1. The lowest BCUT2D eigenvalue weighted by atomic mass is 9.94. The van der Waals surface area contributed by atoms with Crippen molar-refractivity contribution in [1.29, 1.82) is 0 Å². The van der Waals surface area contributed by atoms with Gasteiger partial charge in [0.15, 0.2) is 16.7 Å². The summed E-state index contributed by atoms with van der Waals surface area (Å²) in [7, 11) is 1.60. The van der Waals surface area contributed by atoms with Gasteiger partial charge in [-0.25, -0.2) is 0 Å². The van der Waals surface area contributed by atoms with Gasteiger partial charge in [-0.1, -0.05) is 50.5 Å². The number of amidine groups is 1. The van der Waals surface area contributed by atoms with Crippen LogP contribution >= 0.6 is 11.8 Å². The van der Waals surface area contributed by atoms with E-state index < -0.39 is 0 Å². The molecule has 4 rings (SSSR count). The quantitative estimate of drug-likeness (QED) is 0.414. The highest BCUT2D eigenvalue weighted by molar-refractivity contribution is 8.18. The predicted octanol–water partition coefficient (Wildman–Crippen LogP) is 5.64. The number of nitrogens with zero attached hydrogens (tertiary/aromatic N) is 2. The summed E-state index contributed by atoms with van der Waals surface area (Å²) in [6.07, 6.45) is 19.0. The molecule has 6 heteroatoms. The summed E-state index contributed by atoms with van der Waals surface area (Å²) >= 11 is 1.53. The van der Waals surface area contributed by atoms with Crippen LogP contribution in [0.1, 0.15) is 69.8 Å². The van der Waals surface area contributed by atoms with Crippen LogP contribution in [0.2, 0.25) is 0 Å². The molecule has 32 heavy (non-hydrogen) atoms. The molecule has 1 aromatic rings. The third-order valence-electron chi connectivity index (χ3n) is 6.44. The minimum absolute atomic E-state index is 0.0862. The summed E-state index contributed by atoms with van der Waals surface area (Å²) < 4.78 is 11.0. The molecule has 0 radical (unpaired) electrons. The summed E-state index contributed by atoms with van der Waals surface area (Å²) in [5.41, 5.74) is 0.897. The molecule has 5 nitrogen and oxygen atoms in total. The Kier molecular flexibility index (Phi) is 7.81. The molecule has 0 aromatic heterocycles. The number of methoxy groups -OCH3 is 1. The molecular formula is C26H32N2O3S. The van der Waals surface area contributed by atoms with Crippen LogP contribution in [0.25, 0.3) is 6.08 Å². The first-order valence-corrected chi connectivity index (χ1v) is 12.6. The second kappa shape index (κ2) is 11.0. The van der Waals surface area contributed by atoms with Crippen molar-refractivity contribution in [2.75, 3.05) is 13.7 Å². The molecule has 3 fully saturated rings. The molecule has 1 aliphatic heterocycles. The van der Waals surface area contributed by atoms with Crippen LogP contribution in [0.15, 0.2) is 28.1 Å². The van der Waals surface area contributed by atoms with Gasteiger partial charge >= 0.3 is 0 Å². The molecule has 1 heterocycles. The van der Waals surface area contributed by atoms with E-state index in [0.717, 1.165) is 41.3 Å². The average Bonchev–Trinajstić information content (AvgIpc) is 3.13. The lowest BCUT2D eigenvalue weighted by molar-refractivity contribution is -0.124. The minimum atomic E-state index is 0.0862. The minimum Gasteiger partial charge on any atom is -0.493 e. The second-order valence-corrected chi connectivity index (χ2v) is 9.69. The van der Waals surface area contributed by atoms with Crippen molar-refractivity contribution in [1.82, 2.24) is 4.90 Å². The van der Waals surface area contributed by atoms with Gasteiger partial charge in [0.2, 0.25) is 0 Å². The van der Waals surface area contributed by atoms with Gasteiger partial charge in [-0.05, 0) is 61.2 Å². The molecule has 0 spiro atoms. The van der Waals surface area contributed by atoms with Crippen molar-refractivity contribution >= 4 is 28.9 Å². The molecule has 0 unspecified atom stereocenters. The fraction of sp³-hybridized carbons (Fsp3) is 0.538. The Bertz CT molecular complexity index is 921. The van der Waals surface area contributed by atoms with Crippen LogP contribution in [-0.4, -0.2) is 41.8 Å². The van der Waals surface area contributed by atoms with E-state index in [-0.39, 0.29) is 18.6 Å². The predicted molar refractivity (Wildman–Crippen MR) is 131 cm³/mol. The highest BCUT2D eigenvalue weighted by Gasteiger charge is 2.39. The fourth-order valence-electron chi connectivity index (χ4n) is 4.77. The summed E-state index contributed by atoms with van der Waals surface area (Å²) in [5, 5.41) is 0.904. The number of ether oxygens (including phenoxy) is 2. The van der Waals surface area contributed by atoms with Gasteiger partial charge in [0.1, 0.15) is 6.61 Å². The molecular weight excluding hydrogens is 420 g/mol. The first-order valence-electron chi connectivity index (χ1n) is 11.7. The van der Waals surface area contributed by atoms with Crippen LogP contribution in [0.3, 0.4) is 0 Å². The van der Waals surface area contributed by atoms with Crippen molar-refractivity contribution in [3.05, 3.63) is 28.7 Å². The summed E-state index contributed by atoms with van der Waals surface area (Å²) in [6, 6.07) is 6.26. The Morgan fingerprint density at radius 1 is 1.12 bits per heavy atom. The molecule has 0 bridgehead atoms. The third-order valence-corrected chi connectivity index (χ3v) is 7.44. The van der Waals surface area contributed by atoms with Gasteiger partial charge in [-0.2, -0.15) is 0 Å². The summed E-state index contributed by atoms with van der Waals surface area (Å²) in [4.78, 5) is 21.3. The topological polar surface area (TPSA) is 51.1 Å². The van der Waals surface area contributed by atoms with Gasteiger partial charge < -0.3 is 9.47 Å². The number of amides is 1. The van der Waals surface area contributed by atoms with E-state index in [4.69, 9.17) is 20.9 Å². The van der Waals surface area contributed by atoms with E-state index in [1.165, 1.54) is 50.3 Å². The van der Waals surface area contributed by atoms with Gasteiger partial charge in [0, 0.05) is 6.04 Å². The molecule has 1 amide bonds. The number of rotatable bonds is 6. The van der Waals surface area contributed by atoms with Crippen molar-refractivity contribution in [3.8, 4) is 23.8 Å². The smallest absolute Gasteiger partial charge is 0.266 e. The lowest BCUT2D eigenvalue weighted by Gasteiger charge is -2.31. The molecule has 3 aliphatic rings. The van der Waals surface area contributed by atoms with Gasteiger partial charge in [-0.15, -0.1) is 6.42 Å². The lowest BCUT2D eigenvalue weighted by Crippen LogP contribution is -2.41. The van der Waals surface area contributed by atoms with Gasteiger partial charge in [0.25, 0.3) is 5.91 Å². The number of carbonyl (C=O) groups is 1. The van der Waals surface area contributed by atoms with Crippen molar-refractivity contribution in [3.63, 3.8) is 0 Å².